The number of amides is 1. The van der Waals surface area contributed by atoms with Gasteiger partial charge in [0.25, 0.3) is 0 Å². The first-order valence-corrected chi connectivity index (χ1v) is 12.6. The standard InChI is InChI=1S/C24H26BrClFN5O2/c1-3-18(33)31-9-6-14(7-10-31)32-13-28-22-23(32)16-11-17(26)19(25)20(27)21(16)29-24(22)34-12-15-5-4-8-30(15)2/h3,11,13-15H,1,4-10,12H2,2H3/t15-/m0/s1. The van der Waals surface area contributed by atoms with Crippen molar-refractivity contribution in [2.24, 2.45) is 0 Å². The van der Waals surface area contributed by atoms with Crippen molar-refractivity contribution < 1.29 is 13.9 Å². The van der Waals surface area contributed by atoms with E-state index in [2.05, 4.69) is 49.0 Å². The second-order valence-electron chi connectivity index (χ2n) is 9.00. The predicted octanol–water partition coefficient (Wildman–Crippen LogP) is 4.96. The number of rotatable bonds is 5. The van der Waals surface area contributed by atoms with E-state index in [0.717, 1.165) is 37.7 Å². The molecule has 2 saturated heterocycles. The summed E-state index contributed by atoms with van der Waals surface area (Å²) in [6, 6.07) is 2.12. The molecule has 0 aliphatic carbocycles. The minimum atomic E-state index is -0.522. The average molecular weight is 551 g/mol. The first kappa shape index (κ1) is 23.5. The summed E-state index contributed by atoms with van der Waals surface area (Å²) in [7, 11) is 2.08. The van der Waals surface area contributed by atoms with E-state index in [1.165, 1.54) is 6.08 Å². The molecule has 2 aliphatic rings. The van der Waals surface area contributed by atoms with Crippen LogP contribution in [0, 0.1) is 5.82 Å². The van der Waals surface area contributed by atoms with Crippen LogP contribution < -0.4 is 4.74 Å². The van der Waals surface area contributed by atoms with Gasteiger partial charge in [-0.25, -0.2) is 14.4 Å². The first-order chi connectivity index (χ1) is 16.4. The Morgan fingerprint density at radius 3 is 2.76 bits per heavy atom. The van der Waals surface area contributed by atoms with E-state index in [1.807, 2.05) is 0 Å². The normalized spacial score (nSPS) is 19.9. The lowest BCUT2D eigenvalue weighted by Crippen LogP contribution is -2.38. The van der Waals surface area contributed by atoms with Gasteiger partial charge in [0, 0.05) is 30.6 Å². The number of carbonyl (C=O) groups excluding carboxylic acids is 1. The van der Waals surface area contributed by atoms with Gasteiger partial charge in [0.2, 0.25) is 11.8 Å². The van der Waals surface area contributed by atoms with Gasteiger partial charge in [0.1, 0.15) is 12.1 Å². The zero-order chi connectivity index (χ0) is 24.0. The molecule has 2 aromatic heterocycles. The predicted molar refractivity (Wildman–Crippen MR) is 134 cm³/mol. The van der Waals surface area contributed by atoms with Crippen molar-refractivity contribution in [3.63, 3.8) is 0 Å². The molecule has 10 heteroatoms. The van der Waals surface area contributed by atoms with E-state index in [4.69, 9.17) is 16.3 Å². The van der Waals surface area contributed by atoms with Crippen LogP contribution in [0.15, 0.2) is 29.5 Å². The van der Waals surface area contributed by atoms with Crippen LogP contribution in [-0.4, -0.2) is 69.6 Å². The third-order valence-corrected chi connectivity index (χ3v) is 8.33. The van der Waals surface area contributed by atoms with Crippen LogP contribution in [0.25, 0.3) is 21.9 Å². The van der Waals surface area contributed by atoms with Crippen molar-refractivity contribution in [2.75, 3.05) is 33.3 Å². The van der Waals surface area contributed by atoms with Crippen LogP contribution in [0.3, 0.4) is 0 Å². The Balaban J connectivity index is 1.57. The van der Waals surface area contributed by atoms with Crippen molar-refractivity contribution in [1.29, 1.82) is 0 Å². The third kappa shape index (κ3) is 4.07. The number of carbonyl (C=O) groups is 1. The fraction of sp³-hybridized carbons (Fsp3) is 0.458. The maximum Gasteiger partial charge on any atom is 0.245 e. The molecule has 2 aliphatic heterocycles. The number of fused-ring (bicyclic) bond motifs is 3. The van der Waals surface area contributed by atoms with Crippen molar-refractivity contribution in [3.8, 4) is 5.88 Å². The number of nitrogens with zero attached hydrogens (tertiary/aromatic N) is 5. The highest BCUT2D eigenvalue weighted by molar-refractivity contribution is 9.10. The van der Waals surface area contributed by atoms with Crippen LogP contribution in [-0.2, 0) is 4.79 Å². The molecule has 0 unspecified atom stereocenters. The molecule has 34 heavy (non-hydrogen) atoms. The monoisotopic (exact) mass is 549 g/mol. The van der Waals surface area contributed by atoms with E-state index in [9.17, 15) is 4.79 Å². The smallest absolute Gasteiger partial charge is 0.245 e. The largest absolute Gasteiger partial charge is 0.474 e. The van der Waals surface area contributed by atoms with E-state index in [-0.39, 0.29) is 27.0 Å². The summed E-state index contributed by atoms with van der Waals surface area (Å²) in [5.74, 6) is -0.254. The SMILES string of the molecule is C=CC(=O)N1CCC(n2cnc3c(OC[C@@H]4CCCN4C)nc4c(F)c(Br)c(Cl)cc4c32)CC1. The molecule has 0 bridgehead atoms. The summed E-state index contributed by atoms with van der Waals surface area (Å²) in [4.78, 5) is 25.3. The van der Waals surface area contributed by atoms with Crippen molar-refractivity contribution in [2.45, 2.75) is 37.8 Å². The lowest BCUT2D eigenvalue weighted by atomic mass is 10.0. The summed E-state index contributed by atoms with van der Waals surface area (Å²) in [6.45, 7) is 6.33. The van der Waals surface area contributed by atoms with E-state index < -0.39 is 5.82 Å². The molecule has 5 rings (SSSR count). The first-order valence-electron chi connectivity index (χ1n) is 11.5. The van der Waals surface area contributed by atoms with Crippen LogP contribution in [0.5, 0.6) is 5.88 Å². The topological polar surface area (TPSA) is 63.5 Å². The highest BCUT2D eigenvalue weighted by atomic mass is 79.9. The lowest BCUT2D eigenvalue weighted by molar-refractivity contribution is -0.127. The summed E-state index contributed by atoms with van der Waals surface area (Å²) in [5.41, 5.74) is 1.54. The van der Waals surface area contributed by atoms with Crippen LogP contribution in [0.4, 0.5) is 4.39 Å². The minimum absolute atomic E-state index is 0.0603. The van der Waals surface area contributed by atoms with Gasteiger partial charge in [-0.1, -0.05) is 18.2 Å². The summed E-state index contributed by atoms with van der Waals surface area (Å²) < 4.78 is 23.7. The van der Waals surface area contributed by atoms with Crippen LogP contribution >= 0.6 is 27.5 Å². The Morgan fingerprint density at radius 1 is 1.32 bits per heavy atom. The van der Waals surface area contributed by atoms with Crippen molar-refractivity contribution >= 4 is 55.4 Å². The number of hydrogen-bond donors (Lipinski definition) is 0. The molecular formula is C24H26BrClFN5O2. The van der Waals surface area contributed by atoms with Gasteiger partial charge in [-0.15, -0.1) is 0 Å². The number of pyridine rings is 1. The number of hydrogen-bond acceptors (Lipinski definition) is 5. The number of piperidine rings is 1. The minimum Gasteiger partial charge on any atom is -0.474 e. The number of ether oxygens (including phenoxy) is 1. The fourth-order valence-corrected chi connectivity index (χ4v) is 5.54. The van der Waals surface area contributed by atoms with Crippen molar-refractivity contribution in [3.05, 3.63) is 40.4 Å². The number of halogens is 3. The van der Waals surface area contributed by atoms with Crippen LogP contribution in [0.1, 0.15) is 31.7 Å². The van der Waals surface area contributed by atoms with Gasteiger partial charge < -0.3 is 19.1 Å². The number of likely N-dealkylation sites (N-methyl/N-ethyl adjacent to an activating group) is 1. The maximum absolute atomic E-state index is 15.3. The van der Waals surface area contributed by atoms with E-state index >= 15 is 4.39 Å². The molecule has 0 radical (unpaired) electrons. The van der Waals surface area contributed by atoms with E-state index in [1.54, 1.807) is 17.3 Å². The zero-order valence-corrected chi connectivity index (χ0v) is 21.3. The van der Waals surface area contributed by atoms with Gasteiger partial charge in [-0.3, -0.25) is 4.79 Å². The zero-order valence-electron chi connectivity index (χ0n) is 18.9. The van der Waals surface area contributed by atoms with Crippen molar-refractivity contribution in [1.82, 2.24) is 24.3 Å². The number of likely N-dealkylation sites (tertiary alicyclic amines) is 2. The van der Waals surface area contributed by atoms with Gasteiger partial charge in [-0.2, -0.15) is 0 Å². The quantitative estimate of drug-likeness (QED) is 0.332. The number of imidazole rings is 1. The Kier molecular flexibility index (Phi) is 6.52. The molecule has 1 aromatic carbocycles. The summed E-state index contributed by atoms with van der Waals surface area (Å²) in [6.07, 6.45) is 6.81. The van der Waals surface area contributed by atoms with E-state index in [0.29, 0.717) is 42.5 Å². The molecule has 2 fully saturated rings. The lowest BCUT2D eigenvalue weighted by Gasteiger charge is -2.32. The second kappa shape index (κ2) is 9.43. The average Bonchev–Trinajstić information content (AvgIpc) is 3.48. The molecule has 0 spiro atoms. The molecule has 7 nitrogen and oxygen atoms in total. The summed E-state index contributed by atoms with van der Waals surface area (Å²) in [5, 5.41) is 0.863. The van der Waals surface area contributed by atoms with Gasteiger partial charge in [0.05, 0.1) is 21.3 Å². The number of benzene rings is 1. The van der Waals surface area contributed by atoms with Crippen LogP contribution in [0.2, 0.25) is 5.02 Å². The molecule has 0 saturated carbocycles. The van der Waals surface area contributed by atoms with Gasteiger partial charge >= 0.3 is 0 Å². The fourth-order valence-electron chi connectivity index (χ4n) is 5.05. The Bertz CT molecular complexity index is 1270. The number of aromatic nitrogens is 3. The molecular weight excluding hydrogens is 525 g/mol. The second-order valence-corrected chi connectivity index (χ2v) is 10.2. The third-order valence-electron chi connectivity index (χ3n) is 7.03. The highest BCUT2D eigenvalue weighted by Gasteiger charge is 2.28. The molecule has 1 amide bonds. The highest BCUT2D eigenvalue weighted by Crippen LogP contribution is 2.39. The molecule has 0 N–H and O–H groups in total. The maximum atomic E-state index is 15.3. The Labute approximate surface area is 210 Å². The van der Waals surface area contributed by atoms with Gasteiger partial charge in [-0.05, 0) is 67.3 Å². The molecule has 180 valence electrons. The molecule has 4 heterocycles. The van der Waals surface area contributed by atoms with Gasteiger partial charge in [0.15, 0.2) is 11.3 Å². The molecule has 3 aromatic rings. The molecule has 1 atom stereocenters. The Hall–Kier alpha value is -2.23. The summed E-state index contributed by atoms with van der Waals surface area (Å²) >= 11 is 9.58. The Morgan fingerprint density at radius 2 is 2.09 bits per heavy atom.